The molecule has 27 heavy (non-hydrogen) atoms. The minimum atomic E-state index is -0.0603. The lowest BCUT2D eigenvalue weighted by Gasteiger charge is -2.21. The van der Waals surface area contributed by atoms with Crippen molar-refractivity contribution in [3.8, 4) is 11.5 Å². The normalized spacial score (nSPS) is 11.6. The van der Waals surface area contributed by atoms with Crippen molar-refractivity contribution < 1.29 is 14.3 Å². The van der Waals surface area contributed by atoms with Gasteiger partial charge in [-0.05, 0) is 31.2 Å². The Labute approximate surface area is 161 Å². The number of carbonyl (C=O) groups is 1. The van der Waals surface area contributed by atoms with Crippen LogP contribution in [-0.4, -0.2) is 46.3 Å². The highest BCUT2D eigenvalue weighted by Gasteiger charge is 2.12. The molecule has 6 nitrogen and oxygen atoms in total. The minimum absolute atomic E-state index is 0.0603. The Morgan fingerprint density at radius 1 is 1.11 bits per heavy atom. The van der Waals surface area contributed by atoms with E-state index in [1.807, 2.05) is 25.1 Å². The molecular formula is C21H29N3O3. The van der Waals surface area contributed by atoms with Gasteiger partial charge in [-0.3, -0.25) is 4.79 Å². The van der Waals surface area contributed by atoms with E-state index < -0.39 is 0 Å². The molecule has 2 N–H and O–H groups in total. The summed E-state index contributed by atoms with van der Waals surface area (Å²) in [6, 6.07) is 15.6. The fourth-order valence-corrected chi connectivity index (χ4v) is 2.74. The summed E-state index contributed by atoms with van der Waals surface area (Å²) in [5, 5.41) is 6.29. The maximum atomic E-state index is 12.3. The Hall–Kier alpha value is -2.73. The molecule has 6 heteroatoms. The van der Waals surface area contributed by atoms with Gasteiger partial charge in [0.2, 0.25) is 5.91 Å². The van der Waals surface area contributed by atoms with E-state index in [-0.39, 0.29) is 11.9 Å². The fourth-order valence-electron chi connectivity index (χ4n) is 2.74. The maximum Gasteiger partial charge on any atom is 0.226 e. The monoisotopic (exact) mass is 371 g/mol. The Bertz CT molecular complexity index is 722. The van der Waals surface area contributed by atoms with Crippen molar-refractivity contribution in [2.24, 2.45) is 0 Å². The molecule has 1 unspecified atom stereocenters. The van der Waals surface area contributed by atoms with Crippen molar-refractivity contribution in [1.29, 1.82) is 0 Å². The predicted molar refractivity (Wildman–Crippen MR) is 110 cm³/mol. The Morgan fingerprint density at radius 3 is 2.52 bits per heavy atom. The van der Waals surface area contributed by atoms with E-state index in [0.29, 0.717) is 23.6 Å². The minimum Gasteiger partial charge on any atom is -0.497 e. The van der Waals surface area contributed by atoms with Crippen molar-refractivity contribution in [1.82, 2.24) is 5.32 Å². The van der Waals surface area contributed by atoms with Gasteiger partial charge in [0.05, 0.1) is 19.9 Å². The fraction of sp³-hybridized carbons (Fsp3) is 0.381. The quantitative estimate of drug-likeness (QED) is 0.672. The largest absolute Gasteiger partial charge is 0.497 e. The van der Waals surface area contributed by atoms with Gasteiger partial charge >= 0.3 is 0 Å². The number of benzene rings is 2. The number of ether oxygens (including phenoxy) is 2. The lowest BCUT2D eigenvalue weighted by Crippen LogP contribution is -2.36. The smallest absolute Gasteiger partial charge is 0.226 e. The lowest BCUT2D eigenvalue weighted by atomic mass is 10.2. The van der Waals surface area contributed by atoms with E-state index in [1.165, 1.54) is 5.69 Å². The average Bonchev–Trinajstić information content (AvgIpc) is 2.68. The molecule has 0 saturated heterocycles. The van der Waals surface area contributed by atoms with Crippen molar-refractivity contribution in [2.45, 2.75) is 19.4 Å². The molecule has 0 heterocycles. The summed E-state index contributed by atoms with van der Waals surface area (Å²) >= 11 is 0. The molecule has 2 rings (SSSR count). The van der Waals surface area contributed by atoms with Crippen molar-refractivity contribution in [2.75, 3.05) is 44.6 Å². The molecule has 0 spiro atoms. The van der Waals surface area contributed by atoms with Crippen LogP contribution in [0, 0.1) is 0 Å². The first-order valence-electron chi connectivity index (χ1n) is 9.05. The van der Waals surface area contributed by atoms with Crippen LogP contribution in [-0.2, 0) is 4.79 Å². The van der Waals surface area contributed by atoms with Crippen LogP contribution in [0.15, 0.2) is 48.5 Å². The van der Waals surface area contributed by atoms with Crippen LogP contribution < -0.4 is 25.0 Å². The molecule has 1 amide bonds. The van der Waals surface area contributed by atoms with Crippen molar-refractivity contribution in [3.63, 3.8) is 0 Å². The zero-order valence-electron chi connectivity index (χ0n) is 16.5. The maximum absolute atomic E-state index is 12.3. The molecule has 0 saturated carbocycles. The molecule has 146 valence electrons. The summed E-state index contributed by atoms with van der Waals surface area (Å²) in [5.41, 5.74) is 1.82. The number of likely N-dealkylation sites (N-methyl/N-ethyl adjacent to an activating group) is 1. The zero-order valence-corrected chi connectivity index (χ0v) is 16.5. The second kappa shape index (κ2) is 10.4. The van der Waals surface area contributed by atoms with Crippen LogP contribution in [0.25, 0.3) is 0 Å². The molecule has 0 aliphatic carbocycles. The highest BCUT2D eigenvalue weighted by atomic mass is 16.5. The first kappa shape index (κ1) is 20.6. The van der Waals surface area contributed by atoms with Gasteiger partial charge in [-0.2, -0.15) is 0 Å². The number of anilines is 2. The molecule has 0 aliphatic heterocycles. The van der Waals surface area contributed by atoms with Crippen LogP contribution in [0.4, 0.5) is 11.4 Å². The third-order valence-corrected chi connectivity index (χ3v) is 4.31. The first-order chi connectivity index (χ1) is 13.0. The molecular weight excluding hydrogens is 342 g/mol. The van der Waals surface area contributed by atoms with E-state index in [4.69, 9.17) is 9.47 Å². The van der Waals surface area contributed by atoms with E-state index in [9.17, 15) is 4.79 Å². The number of rotatable bonds is 10. The molecule has 0 aromatic heterocycles. The number of amides is 1. The number of methoxy groups -OCH3 is 2. The molecule has 1 atom stereocenters. The predicted octanol–water partition coefficient (Wildman–Crippen LogP) is 3.15. The van der Waals surface area contributed by atoms with Gasteiger partial charge in [0, 0.05) is 44.4 Å². The molecule has 0 radical (unpaired) electrons. The Balaban J connectivity index is 1.77. The van der Waals surface area contributed by atoms with Crippen LogP contribution in [0.1, 0.15) is 13.3 Å². The van der Waals surface area contributed by atoms with Gasteiger partial charge in [0.15, 0.2) is 0 Å². The summed E-state index contributed by atoms with van der Waals surface area (Å²) in [5.74, 6) is 1.20. The number of hydrogen-bond donors (Lipinski definition) is 2. The van der Waals surface area contributed by atoms with Gasteiger partial charge < -0.3 is 25.0 Å². The summed E-state index contributed by atoms with van der Waals surface area (Å²) in [4.78, 5) is 14.5. The molecule has 2 aromatic rings. The van der Waals surface area contributed by atoms with E-state index in [2.05, 4.69) is 34.7 Å². The van der Waals surface area contributed by atoms with Gasteiger partial charge in [-0.1, -0.05) is 18.2 Å². The SMILES string of the molecule is COc1ccc(NC(=O)CC(C)NCCN(C)c2ccccc2)c(OC)c1. The second-order valence-electron chi connectivity index (χ2n) is 6.43. The highest BCUT2D eigenvalue weighted by molar-refractivity contribution is 5.92. The Kier molecular flexibility index (Phi) is 7.95. The summed E-state index contributed by atoms with van der Waals surface area (Å²) in [6.45, 7) is 3.67. The molecule has 0 aliphatic rings. The Morgan fingerprint density at radius 2 is 1.85 bits per heavy atom. The first-order valence-corrected chi connectivity index (χ1v) is 9.05. The topological polar surface area (TPSA) is 62.8 Å². The van der Waals surface area contributed by atoms with Gasteiger partial charge in [-0.25, -0.2) is 0 Å². The summed E-state index contributed by atoms with van der Waals surface area (Å²) in [6.07, 6.45) is 0.379. The van der Waals surface area contributed by atoms with E-state index in [1.54, 1.807) is 32.4 Å². The summed E-state index contributed by atoms with van der Waals surface area (Å²) in [7, 11) is 5.22. The zero-order chi connectivity index (χ0) is 19.6. The van der Waals surface area contributed by atoms with Gasteiger partial charge in [0.25, 0.3) is 0 Å². The third kappa shape index (κ3) is 6.49. The van der Waals surface area contributed by atoms with Crippen LogP contribution in [0.2, 0.25) is 0 Å². The molecule has 0 bridgehead atoms. The van der Waals surface area contributed by atoms with Gasteiger partial charge in [-0.15, -0.1) is 0 Å². The highest BCUT2D eigenvalue weighted by Crippen LogP contribution is 2.29. The number of nitrogens with zero attached hydrogens (tertiary/aromatic N) is 1. The number of carbonyl (C=O) groups excluding carboxylic acids is 1. The van der Waals surface area contributed by atoms with E-state index >= 15 is 0 Å². The number of para-hydroxylation sites is 1. The lowest BCUT2D eigenvalue weighted by molar-refractivity contribution is -0.116. The van der Waals surface area contributed by atoms with E-state index in [0.717, 1.165) is 13.1 Å². The standard InChI is InChI=1S/C21H29N3O3/c1-16(22-12-13-24(2)17-8-6-5-7-9-17)14-21(25)23-19-11-10-18(26-3)15-20(19)27-4/h5-11,15-16,22H,12-14H2,1-4H3,(H,23,25). The summed E-state index contributed by atoms with van der Waals surface area (Å²) < 4.78 is 10.5. The van der Waals surface area contributed by atoms with Crippen LogP contribution in [0.3, 0.4) is 0 Å². The van der Waals surface area contributed by atoms with Crippen LogP contribution >= 0.6 is 0 Å². The van der Waals surface area contributed by atoms with Crippen molar-refractivity contribution in [3.05, 3.63) is 48.5 Å². The third-order valence-electron chi connectivity index (χ3n) is 4.31. The molecule has 0 fully saturated rings. The number of hydrogen-bond acceptors (Lipinski definition) is 5. The van der Waals surface area contributed by atoms with Crippen LogP contribution in [0.5, 0.6) is 11.5 Å². The second-order valence-corrected chi connectivity index (χ2v) is 6.43. The average molecular weight is 371 g/mol. The van der Waals surface area contributed by atoms with Crippen molar-refractivity contribution >= 4 is 17.3 Å². The molecule has 2 aromatic carbocycles. The number of nitrogens with one attached hydrogen (secondary N) is 2. The van der Waals surface area contributed by atoms with Gasteiger partial charge in [0.1, 0.15) is 11.5 Å².